The highest BCUT2D eigenvalue weighted by atomic mass is 16.2. The molecule has 0 radical (unpaired) electrons. The number of hydrogen-bond acceptors (Lipinski definition) is 3. The normalized spacial score (nSPS) is 14.1. The predicted molar refractivity (Wildman–Crippen MR) is 111 cm³/mol. The summed E-state index contributed by atoms with van der Waals surface area (Å²) in [4.78, 5) is 28.0. The molecule has 1 aromatic carbocycles. The molecule has 1 aromatic rings. The summed E-state index contributed by atoms with van der Waals surface area (Å²) in [7, 11) is 0. The molecule has 0 atom stereocenters. The van der Waals surface area contributed by atoms with E-state index in [1.807, 2.05) is 36.1 Å². The Morgan fingerprint density at radius 1 is 0.926 bits per heavy atom. The average Bonchev–Trinajstić information content (AvgIpc) is 2.69. The van der Waals surface area contributed by atoms with Crippen molar-refractivity contribution >= 4 is 23.3 Å². The number of urea groups is 1. The molecule has 6 heteroatoms. The number of rotatable bonds is 9. The Hall–Kier alpha value is -2.24. The average molecular weight is 375 g/mol. The molecule has 2 N–H and O–H groups in total. The van der Waals surface area contributed by atoms with Crippen LogP contribution in [0, 0.1) is 0 Å². The molecule has 3 amide bonds. The van der Waals surface area contributed by atoms with Crippen LogP contribution in [0.25, 0.3) is 0 Å². The van der Waals surface area contributed by atoms with Gasteiger partial charge in [0.15, 0.2) is 0 Å². The first kappa shape index (κ1) is 21.1. The molecule has 0 aliphatic carbocycles. The summed E-state index contributed by atoms with van der Waals surface area (Å²) in [5.74, 6) is 0.0924. The number of amides is 3. The number of benzene rings is 1. The molecule has 1 aliphatic heterocycles. The van der Waals surface area contributed by atoms with Crippen molar-refractivity contribution in [2.45, 2.75) is 52.4 Å². The minimum Gasteiger partial charge on any atom is -0.368 e. The van der Waals surface area contributed by atoms with Gasteiger partial charge in [-0.05, 0) is 37.6 Å². The number of carbonyl (C=O) groups is 2. The van der Waals surface area contributed by atoms with Crippen LogP contribution in [-0.2, 0) is 4.79 Å². The van der Waals surface area contributed by atoms with E-state index in [1.54, 1.807) is 0 Å². The van der Waals surface area contributed by atoms with Crippen LogP contribution in [0.15, 0.2) is 24.3 Å². The quantitative estimate of drug-likeness (QED) is 0.646. The van der Waals surface area contributed by atoms with Crippen molar-refractivity contribution in [1.82, 2.24) is 10.2 Å². The maximum atomic E-state index is 12.0. The highest BCUT2D eigenvalue weighted by Crippen LogP contribution is 2.20. The van der Waals surface area contributed by atoms with Crippen molar-refractivity contribution in [1.29, 1.82) is 0 Å². The SMILES string of the molecule is CCCCCCCC(=O)Nc1ccc(N2CCN(C(=O)NCC)CC2)cc1. The third-order valence-corrected chi connectivity index (χ3v) is 4.92. The van der Waals surface area contributed by atoms with E-state index in [9.17, 15) is 9.59 Å². The van der Waals surface area contributed by atoms with Crippen LogP contribution in [0.1, 0.15) is 52.4 Å². The maximum Gasteiger partial charge on any atom is 0.317 e. The Balaban J connectivity index is 1.73. The third-order valence-electron chi connectivity index (χ3n) is 4.92. The van der Waals surface area contributed by atoms with E-state index in [2.05, 4.69) is 22.5 Å². The predicted octanol–water partition coefficient (Wildman–Crippen LogP) is 3.84. The number of piperazine rings is 1. The van der Waals surface area contributed by atoms with Gasteiger partial charge in [0.2, 0.25) is 5.91 Å². The van der Waals surface area contributed by atoms with Gasteiger partial charge in [-0.25, -0.2) is 4.79 Å². The smallest absolute Gasteiger partial charge is 0.317 e. The van der Waals surface area contributed by atoms with Crippen molar-refractivity contribution in [3.63, 3.8) is 0 Å². The molecule has 0 unspecified atom stereocenters. The van der Waals surface area contributed by atoms with Gasteiger partial charge >= 0.3 is 6.03 Å². The van der Waals surface area contributed by atoms with E-state index in [0.717, 1.165) is 50.4 Å². The first-order valence-electron chi connectivity index (χ1n) is 10.3. The minimum atomic E-state index is 0.0184. The van der Waals surface area contributed by atoms with E-state index in [0.29, 0.717) is 13.0 Å². The second-order valence-corrected chi connectivity index (χ2v) is 7.07. The lowest BCUT2D eigenvalue weighted by atomic mass is 10.1. The number of carbonyl (C=O) groups excluding carboxylic acids is 2. The molecule has 0 saturated carbocycles. The van der Waals surface area contributed by atoms with Gasteiger partial charge in [0.05, 0.1) is 0 Å². The monoisotopic (exact) mass is 374 g/mol. The molecule has 1 saturated heterocycles. The standard InChI is InChI=1S/C21H34N4O2/c1-3-5-6-7-8-9-20(26)23-18-10-12-19(13-11-18)24-14-16-25(17-15-24)21(27)22-4-2/h10-13H,3-9,14-17H2,1-2H3,(H,22,27)(H,23,26). The van der Waals surface area contributed by atoms with Crippen LogP contribution in [0.3, 0.4) is 0 Å². The molecule has 6 nitrogen and oxygen atoms in total. The van der Waals surface area contributed by atoms with Crippen LogP contribution >= 0.6 is 0 Å². The molecule has 1 fully saturated rings. The Labute approximate surface area is 163 Å². The van der Waals surface area contributed by atoms with Crippen molar-refractivity contribution in [2.24, 2.45) is 0 Å². The van der Waals surface area contributed by atoms with E-state index in [-0.39, 0.29) is 11.9 Å². The number of nitrogens with one attached hydrogen (secondary N) is 2. The lowest BCUT2D eigenvalue weighted by Crippen LogP contribution is -2.51. The molecule has 1 heterocycles. The van der Waals surface area contributed by atoms with Crippen LogP contribution in [0.2, 0.25) is 0 Å². The van der Waals surface area contributed by atoms with Gasteiger partial charge in [-0.3, -0.25) is 4.79 Å². The van der Waals surface area contributed by atoms with E-state index in [1.165, 1.54) is 19.3 Å². The highest BCUT2D eigenvalue weighted by molar-refractivity contribution is 5.90. The zero-order valence-corrected chi connectivity index (χ0v) is 16.8. The van der Waals surface area contributed by atoms with Gasteiger partial charge < -0.3 is 20.4 Å². The maximum absolute atomic E-state index is 12.0. The molecule has 0 spiro atoms. The number of nitrogens with zero attached hydrogens (tertiary/aromatic N) is 2. The summed E-state index contributed by atoms with van der Waals surface area (Å²) in [6.07, 6.45) is 6.36. The fourth-order valence-corrected chi connectivity index (χ4v) is 3.30. The summed E-state index contributed by atoms with van der Waals surface area (Å²) in [5.41, 5.74) is 1.97. The molecule has 0 bridgehead atoms. The zero-order valence-electron chi connectivity index (χ0n) is 16.8. The van der Waals surface area contributed by atoms with Crippen molar-refractivity contribution in [2.75, 3.05) is 42.9 Å². The lowest BCUT2D eigenvalue weighted by Gasteiger charge is -2.36. The van der Waals surface area contributed by atoms with Crippen LogP contribution in [0.5, 0.6) is 0 Å². The van der Waals surface area contributed by atoms with Gasteiger partial charge in [-0.1, -0.05) is 32.6 Å². The van der Waals surface area contributed by atoms with E-state index < -0.39 is 0 Å². The zero-order chi connectivity index (χ0) is 19.5. The summed E-state index contributed by atoms with van der Waals surface area (Å²) >= 11 is 0. The lowest BCUT2D eigenvalue weighted by molar-refractivity contribution is -0.116. The summed E-state index contributed by atoms with van der Waals surface area (Å²) in [6.45, 7) is 7.87. The molecular formula is C21H34N4O2. The number of unbranched alkanes of at least 4 members (excludes halogenated alkanes) is 4. The second-order valence-electron chi connectivity index (χ2n) is 7.07. The second kappa shape index (κ2) is 11.5. The van der Waals surface area contributed by atoms with Gasteiger partial charge in [0.25, 0.3) is 0 Å². The first-order valence-corrected chi connectivity index (χ1v) is 10.3. The Kier molecular flexibility index (Phi) is 8.95. The fourth-order valence-electron chi connectivity index (χ4n) is 3.30. The van der Waals surface area contributed by atoms with Crippen LogP contribution in [0.4, 0.5) is 16.2 Å². The molecule has 27 heavy (non-hydrogen) atoms. The van der Waals surface area contributed by atoms with E-state index >= 15 is 0 Å². The fraction of sp³-hybridized carbons (Fsp3) is 0.619. The van der Waals surface area contributed by atoms with Crippen LogP contribution in [-0.4, -0.2) is 49.6 Å². The highest BCUT2D eigenvalue weighted by Gasteiger charge is 2.20. The molecular weight excluding hydrogens is 340 g/mol. The number of hydrogen-bond donors (Lipinski definition) is 2. The van der Waals surface area contributed by atoms with Gasteiger partial charge in [0.1, 0.15) is 0 Å². The van der Waals surface area contributed by atoms with Crippen molar-refractivity contribution < 1.29 is 9.59 Å². The minimum absolute atomic E-state index is 0.0184. The van der Waals surface area contributed by atoms with Gasteiger partial charge in [0, 0.05) is 50.5 Å². The van der Waals surface area contributed by atoms with Crippen LogP contribution < -0.4 is 15.5 Å². The summed E-state index contributed by atoms with van der Waals surface area (Å²) < 4.78 is 0. The molecule has 2 rings (SSSR count). The van der Waals surface area contributed by atoms with E-state index in [4.69, 9.17) is 0 Å². The molecule has 150 valence electrons. The van der Waals surface area contributed by atoms with Gasteiger partial charge in [-0.15, -0.1) is 0 Å². The largest absolute Gasteiger partial charge is 0.368 e. The first-order chi connectivity index (χ1) is 13.1. The molecule has 0 aromatic heterocycles. The van der Waals surface area contributed by atoms with Crippen molar-refractivity contribution in [3.05, 3.63) is 24.3 Å². The third kappa shape index (κ3) is 7.12. The summed E-state index contributed by atoms with van der Waals surface area (Å²) in [6, 6.07) is 8.02. The number of anilines is 2. The topological polar surface area (TPSA) is 64.7 Å². The molecule has 1 aliphatic rings. The Bertz CT molecular complexity index is 580. The van der Waals surface area contributed by atoms with Crippen molar-refractivity contribution in [3.8, 4) is 0 Å². The van der Waals surface area contributed by atoms with Gasteiger partial charge in [-0.2, -0.15) is 0 Å². The summed E-state index contributed by atoms with van der Waals surface area (Å²) in [5, 5.41) is 5.83. The Morgan fingerprint density at radius 3 is 2.22 bits per heavy atom. The Morgan fingerprint density at radius 2 is 1.59 bits per heavy atom.